The van der Waals surface area contributed by atoms with E-state index in [1.165, 1.54) is 0 Å². The molecule has 2 saturated heterocycles. The van der Waals surface area contributed by atoms with E-state index in [1.807, 2.05) is 48.5 Å². The molecule has 1 aliphatic carbocycles. The van der Waals surface area contributed by atoms with Gasteiger partial charge in [0.15, 0.2) is 5.69 Å². The highest BCUT2D eigenvalue weighted by Crippen LogP contribution is 2.46. The molecule has 1 aromatic heterocycles. The van der Waals surface area contributed by atoms with Crippen molar-refractivity contribution in [2.45, 2.75) is 31.8 Å². The topological polar surface area (TPSA) is 64.2 Å². The van der Waals surface area contributed by atoms with Gasteiger partial charge in [-0.15, -0.1) is 0 Å². The number of fused-ring (bicyclic) bond motifs is 2. The molecule has 1 amide bonds. The van der Waals surface area contributed by atoms with Crippen molar-refractivity contribution in [3.63, 3.8) is 0 Å². The average Bonchev–Trinajstić information content (AvgIpc) is 2.95. The molecule has 3 fully saturated rings. The minimum absolute atomic E-state index is 0.0277. The van der Waals surface area contributed by atoms with E-state index in [1.54, 1.807) is 4.68 Å². The lowest BCUT2D eigenvalue weighted by Gasteiger charge is -2.57. The Morgan fingerprint density at radius 1 is 1.29 bits per heavy atom. The average molecular weight is 324 g/mol. The van der Waals surface area contributed by atoms with Crippen LogP contribution in [0.25, 0.3) is 11.1 Å². The van der Waals surface area contributed by atoms with Crippen LogP contribution in [0.15, 0.2) is 36.5 Å². The Morgan fingerprint density at radius 2 is 2.00 bits per heavy atom. The molecule has 24 heavy (non-hydrogen) atoms. The summed E-state index contributed by atoms with van der Waals surface area (Å²) in [5.41, 5.74) is 8.48. The lowest BCUT2D eigenvalue weighted by molar-refractivity contribution is -0.0517. The van der Waals surface area contributed by atoms with E-state index < -0.39 is 0 Å². The van der Waals surface area contributed by atoms with E-state index in [9.17, 15) is 4.79 Å². The minimum atomic E-state index is 0.0277. The second-order valence-electron chi connectivity index (χ2n) is 7.19. The molecule has 2 atom stereocenters. The van der Waals surface area contributed by atoms with Crippen molar-refractivity contribution in [2.75, 3.05) is 6.54 Å². The Morgan fingerprint density at radius 3 is 2.67 bits per heavy atom. The molecule has 1 saturated carbocycles. The van der Waals surface area contributed by atoms with Crippen LogP contribution in [0.1, 0.15) is 30.3 Å². The molecule has 2 bridgehead atoms. The van der Waals surface area contributed by atoms with Gasteiger partial charge in [-0.25, -0.2) is 0 Å². The van der Waals surface area contributed by atoms with Gasteiger partial charge in [-0.1, -0.05) is 37.3 Å². The second kappa shape index (κ2) is 5.74. The number of amides is 1. The first kappa shape index (κ1) is 15.4. The lowest BCUT2D eigenvalue weighted by atomic mass is 9.64. The Balaban J connectivity index is 1.72. The van der Waals surface area contributed by atoms with Gasteiger partial charge in [0.25, 0.3) is 5.91 Å². The third kappa shape index (κ3) is 2.26. The highest BCUT2D eigenvalue weighted by molar-refractivity contribution is 5.99. The summed E-state index contributed by atoms with van der Waals surface area (Å²) < 4.78 is 1.73. The van der Waals surface area contributed by atoms with Crippen LogP contribution < -0.4 is 5.73 Å². The molecule has 2 aromatic rings. The zero-order valence-electron chi connectivity index (χ0n) is 14.2. The monoisotopic (exact) mass is 324 g/mol. The number of hydrogen-bond acceptors (Lipinski definition) is 3. The van der Waals surface area contributed by atoms with E-state index in [4.69, 9.17) is 5.73 Å². The van der Waals surface area contributed by atoms with E-state index in [-0.39, 0.29) is 11.9 Å². The van der Waals surface area contributed by atoms with E-state index in [0.717, 1.165) is 29.9 Å². The largest absolute Gasteiger partial charge is 0.330 e. The maximum Gasteiger partial charge on any atom is 0.275 e. The van der Waals surface area contributed by atoms with E-state index in [0.29, 0.717) is 24.2 Å². The molecule has 5 rings (SSSR count). The summed E-state index contributed by atoms with van der Waals surface area (Å²) in [5, 5.41) is 4.49. The summed E-state index contributed by atoms with van der Waals surface area (Å²) in [7, 11) is 1.86. The predicted octanol–water partition coefficient (Wildman–Crippen LogP) is 2.28. The van der Waals surface area contributed by atoms with Crippen LogP contribution in [0.5, 0.6) is 0 Å². The zero-order valence-corrected chi connectivity index (χ0v) is 14.2. The molecule has 5 heteroatoms. The van der Waals surface area contributed by atoms with E-state index >= 15 is 0 Å². The summed E-state index contributed by atoms with van der Waals surface area (Å²) in [5.74, 6) is 1.22. The maximum absolute atomic E-state index is 13.4. The van der Waals surface area contributed by atoms with Gasteiger partial charge in [0.2, 0.25) is 0 Å². The van der Waals surface area contributed by atoms with Crippen LogP contribution >= 0.6 is 0 Å². The van der Waals surface area contributed by atoms with Crippen molar-refractivity contribution in [2.24, 2.45) is 24.6 Å². The number of nitrogens with two attached hydrogens (primary N) is 1. The molecule has 0 spiro atoms. The number of aromatic nitrogens is 2. The van der Waals surface area contributed by atoms with Gasteiger partial charge in [-0.05, 0) is 30.2 Å². The fourth-order valence-electron chi connectivity index (χ4n) is 4.37. The van der Waals surface area contributed by atoms with Gasteiger partial charge in [-0.3, -0.25) is 9.48 Å². The fourth-order valence-corrected chi connectivity index (χ4v) is 4.37. The Bertz CT molecular complexity index is 748. The third-order valence-corrected chi connectivity index (χ3v) is 5.84. The van der Waals surface area contributed by atoms with Crippen LogP contribution in [-0.2, 0) is 7.05 Å². The number of piperidine rings is 2. The number of nitrogens with zero attached hydrogens (tertiary/aromatic N) is 3. The quantitative estimate of drug-likeness (QED) is 0.942. The Labute approximate surface area is 142 Å². The lowest BCUT2D eigenvalue weighted by Crippen LogP contribution is -2.64. The molecule has 5 nitrogen and oxygen atoms in total. The number of rotatable bonds is 3. The first-order valence-electron chi connectivity index (χ1n) is 8.72. The first-order chi connectivity index (χ1) is 11.6. The van der Waals surface area contributed by atoms with Gasteiger partial charge in [0.1, 0.15) is 0 Å². The summed E-state index contributed by atoms with van der Waals surface area (Å²) in [6.07, 6.45) is 4.14. The number of benzene rings is 1. The van der Waals surface area contributed by atoms with Crippen LogP contribution in [0.2, 0.25) is 0 Å². The summed E-state index contributed by atoms with van der Waals surface area (Å²) in [4.78, 5) is 15.4. The molecule has 3 heterocycles. The van der Waals surface area contributed by atoms with Crippen molar-refractivity contribution in [1.29, 1.82) is 0 Å². The number of hydrogen-bond donors (Lipinski definition) is 1. The van der Waals surface area contributed by atoms with Gasteiger partial charge in [0.05, 0.1) is 0 Å². The van der Waals surface area contributed by atoms with Crippen molar-refractivity contribution in [1.82, 2.24) is 14.7 Å². The Hall–Kier alpha value is -2.14. The molecular weight excluding hydrogens is 300 g/mol. The smallest absolute Gasteiger partial charge is 0.275 e. The van der Waals surface area contributed by atoms with Gasteiger partial charge >= 0.3 is 0 Å². The predicted molar refractivity (Wildman–Crippen MR) is 93.3 cm³/mol. The van der Waals surface area contributed by atoms with E-state index in [2.05, 4.69) is 12.0 Å². The minimum Gasteiger partial charge on any atom is -0.330 e. The van der Waals surface area contributed by atoms with Gasteiger partial charge in [-0.2, -0.15) is 5.10 Å². The molecule has 1 unspecified atom stereocenters. The zero-order chi connectivity index (χ0) is 16.8. The Kier molecular flexibility index (Phi) is 3.68. The van der Waals surface area contributed by atoms with Gasteiger partial charge < -0.3 is 10.6 Å². The van der Waals surface area contributed by atoms with Crippen molar-refractivity contribution >= 4 is 5.91 Å². The van der Waals surface area contributed by atoms with Crippen LogP contribution in [0.4, 0.5) is 0 Å². The summed E-state index contributed by atoms with van der Waals surface area (Å²) >= 11 is 0. The first-order valence-corrected chi connectivity index (χ1v) is 8.72. The molecule has 3 aliphatic rings. The standard InChI is InChI=1S/C19H24N4O/c1-12-14-8-15(9-14)23(17(12)10-20)19(24)18-16(11-22(2)21-18)13-6-4-3-5-7-13/h3-7,11-12,14-15,17H,8-10,20H2,1-2H3/t12-,14?,15?,17?/m1/s1. The van der Waals surface area contributed by atoms with Crippen molar-refractivity contribution in [3.8, 4) is 11.1 Å². The molecule has 1 aromatic carbocycles. The molecule has 126 valence electrons. The van der Waals surface area contributed by atoms with Crippen molar-refractivity contribution in [3.05, 3.63) is 42.2 Å². The normalized spacial score (nSPS) is 28.5. The summed E-state index contributed by atoms with van der Waals surface area (Å²) in [6, 6.07) is 10.4. The molecule has 2 aliphatic heterocycles. The van der Waals surface area contributed by atoms with Gasteiger partial charge in [0, 0.05) is 37.4 Å². The number of carbonyl (C=O) groups is 1. The summed E-state index contributed by atoms with van der Waals surface area (Å²) in [6.45, 7) is 2.75. The molecule has 0 radical (unpaired) electrons. The van der Waals surface area contributed by atoms with Crippen LogP contribution in [0.3, 0.4) is 0 Å². The number of carbonyl (C=O) groups excluding carboxylic acids is 1. The maximum atomic E-state index is 13.4. The molecular formula is C19H24N4O. The second-order valence-corrected chi connectivity index (χ2v) is 7.19. The highest BCUT2D eigenvalue weighted by Gasteiger charge is 2.50. The highest BCUT2D eigenvalue weighted by atomic mass is 16.2. The van der Waals surface area contributed by atoms with Crippen LogP contribution in [-0.4, -0.2) is 39.2 Å². The van der Waals surface area contributed by atoms with Crippen molar-refractivity contribution < 1.29 is 4.79 Å². The third-order valence-electron chi connectivity index (χ3n) is 5.84. The number of aryl methyl sites for hydroxylation is 1. The SMILES string of the molecule is C[C@@H]1C2CC(C2)N(C(=O)c2nn(C)cc2-c2ccccc2)C1CN. The van der Waals surface area contributed by atoms with Crippen LogP contribution in [0, 0.1) is 11.8 Å². The molecule has 2 N–H and O–H groups in total. The fraction of sp³-hybridized carbons (Fsp3) is 0.474.